The van der Waals surface area contributed by atoms with Gasteiger partial charge in [-0.2, -0.15) is 0 Å². The summed E-state index contributed by atoms with van der Waals surface area (Å²) in [4.78, 5) is 11.5. The maximum absolute atomic E-state index is 4.56. The van der Waals surface area contributed by atoms with E-state index in [2.05, 4.69) is 74.7 Å². The zero-order valence-corrected chi connectivity index (χ0v) is 13.1. The smallest absolute Gasteiger partial charge is 0.191 e. The molecule has 0 aliphatic carbocycles. The van der Waals surface area contributed by atoms with Crippen molar-refractivity contribution in [1.29, 1.82) is 0 Å². The Morgan fingerprint density at radius 2 is 2.00 bits per heavy atom. The highest BCUT2D eigenvalue weighted by atomic mass is 127. The van der Waals surface area contributed by atoms with Crippen LogP contribution in [0.25, 0.3) is 0 Å². The molecule has 0 amide bonds. The van der Waals surface area contributed by atoms with Gasteiger partial charge in [-0.25, -0.2) is 9.97 Å². The minimum atomic E-state index is 0.866. The van der Waals surface area contributed by atoms with Crippen LogP contribution >= 0.6 is 22.6 Å². The molecular weight excluding hydrogens is 349 g/mol. The van der Waals surface area contributed by atoms with Crippen LogP contribution in [0.4, 0.5) is 0 Å². The Hall–Kier alpha value is -1.01. The van der Waals surface area contributed by atoms with Crippen molar-refractivity contribution in [3.05, 3.63) is 56.7 Å². The Kier molecular flexibility index (Phi) is 3.79. The van der Waals surface area contributed by atoms with E-state index in [0.717, 1.165) is 35.6 Å². The van der Waals surface area contributed by atoms with Crippen molar-refractivity contribution in [3.63, 3.8) is 0 Å². The van der Waals surface area contributed by atoms with Crippen LogP contribution in [0, 0.1) is 10.8 Å². The molecule has 98 valence electrons. The van der Waals surface area contributed by atoms with Gasteiger partial charge in [0.2, 0.25) is 0 Å². The minimum Gasteiger partial charge on any atom is -0.294 e. The number of hydrogen-bond donors (Lipinski definition) is 0. The lowest BCUT2D eigenvalue weighted by Crippen LogP contribution is -2.31. The molecule has 3 nitrogen and oxygen atoms in total. The van der Waals surface area contributed by atoms with E-state index in [1.165, 1.54) is 16.8 Å². The highest BCUT2D eigenvalue weighted by molar-refractivity contribution is 14.1. The number of hydrogen-bond acceptors (Lipinski definition) is 3. The molecule has 0 bridgehead atoms. The molecule has 0 saturated heterocycles. The van der Waals surface area contributed by atoms with Crippen LogP contribution in [0.1, 0.15) is 22.5 Å². The third-order valence-corrected chi connectivity index (χ3v) is 4.05. The number of aromatic nitrogens is 2. The number of fused-ring (bicyclic) bond motifs is 1. The Balaban J connectivity index is 1.79. The van der Waals surface area contributed by atoms with Gasteiger partial charge < -0.3 is 0 Å². The topological polar surface area (TPSA) is 29.0 Å². The molecule has 0 saturated carbocycles. The fourth-order valence-electron chi connectivity index (χ4n) is 2.57. The molecule has 1 aromatic carbocycles. The van der Waals surface area contributed by atoms with E-state index in [1.807, 2.05) is 0 Å². The molecule has 0 N–H and O–H groups in total. The third-order valence-electron chi connectivity index (χ3n) is 3.57. The van der Waals surface area contributed by atoms with E-state index in [0.29, 0.717) is 0 Å². The van der Waals surface area contributed by atoms with Crippen LogP contribution < -0.4 is 0 Å². The Bertz CT molecular complexity index is 583. The summed E-state index contributed by atoms with van der Waals surface area (Å²) in [5.41, 5.74) is 5.06. The molecular formula is C15H16IN3. The first-order valence-corrected chi connectivity index (χ1v) is 7.58. The standard InChI is InChI=1S/C15H16IN3/c1-11-13-10-19(9-12-5-3-2-4-6-12)8-7-14(13)18-15(16)17-11/h2-6H,7-10H2,1H3. The van der Waals surface area contributed by atoms with Crippen molar-refractivity contribution in [3.8, 4) is 0 Å². The quantitative estimate of drug-likeness (QED) is 0.605. The van der Waals surface area contributed by atoms with Crippen molar-refractivity contribution in [2.24, 2.45) is 0 Å². The summed E-state index contributed by atoms with van der Waals surface area (Å²) in [5.74, 6) is 0. The molecule has 3 rings (SSSR count). The van der Waals surface area contributed by atoms with Gasteiger partial charge in [-0.1, -0.05) is 30.3 Å². The molecule has 0 spiro atoms. The fraction of sp³-hybridized carbons (Fsp3) is 0.333. The maximum atomic E-state index is 4.56. The first kappa shape index (κ1) is 13.0. The second kappa shape index (κ2) is 5.54. The molecule has 1 aromatic heterocycles. The summed E-state index contributed by atoms with van der Waals surface area (Å²) in [6.07, 6.45) is 1.03. The normalized spacial score (nSPS) is 15.3. The van der Waals surface area contributed by atoms with Gasteiger partial charge in [0.05, 0.1) is 5.69 Å². The maximum Gasteiger partial charge on any atom is 0.191 e. The Morgan fingerprint density at radius 3 is 2.79 bits per heavy atom. The van der Waals surface area contributed by atoms with Crippen LogP contribution in [-0.4, -0.2) is 21.4 Å². The minimum absolute atomic E-state index is 0.866. The monoisotopic (exact) mass is 365 g/mol. The van der Waals surface area contributed by atoms with Crippen molar-refractivity contribution in [1.82, 2.24) is 14.9 Å². The molecule has 1 aliphatic rings. The van der Waals surface area contributed by atoms with Crippen molar-refractivity contribution < 1.29 is 0 Å². The predicted octanol–water partition coefficient (Wildman–Crippen LogP) is 2.95. The second-order valence-corrected chi connectivity index (χ2v) is 5.91. The average molecular weight is 365 g/mol. The van der Waals surface area contributed by atoms with Crippen LogP contribution in [0.2, 0.25) is 0 Å². The van der Waals surface area contributed by atoms with Crippen LogP contribution in [-0.2, 0) is 19.5 Å². The lowest BCUT2D eigenvalue weighted by atomic mass is 10.0. The molecule has 0 radical (unpaired) electrons. The van der Waals surface area contributed by atoms with Gasteiger partial charge in [-0.3, -0.25) is 4.90 Å². The van der Waals surface area contributed by atoms with E-state index in [9.17, 15) is 0 Å². The third kappa shape index (κ3) is 2.95. The highest BCUT2D eigenvalue weighted by Crippen LogP contribution is 2.21. The molecule has 2 heterocycles. The summed E-state index contributed by atoms with van der Waals surface area (Å²) in [6, 6.07) is 10.6. The van der Waals surface area contributed by atoms with E-state index in [-0.39, 0.29) is 0 Å². The first-order chi connectivity index (χ1) is 9.22. The number of halogens is 1. The summed E-state index contributed by atoms with van der Waals surface area (Å²) in [7, 11) is 0. The summed E-state index contributed by atoms with van der Waals surface area (Å²) in [6.45, 7) is 5.14. The largest absolute Gasteiger partial charge is 0.294 e. The van der Waals surface area contributed by atoms with Gasteiger partial charge >= 0.3 is 0 Å². The van der Waals surface area contributed by atoms with Gasteiger partial charge in [0.15, 0.2) is 3.83 Å². The molecule has 4 heteroatoms. The molecule has 19 heavy (non-hydrogen) atoms. The summed E-state index contributed by atoms with van der Waals surface area (Å²) < 4.78 is 0.866. The highest BCUT2D eigenvalue weighted by Gasteiger charge is 2.20. The van der Waals surface area contributed by atoms with Crippen molar-refractivity contribution in [2.45, 2.75) is 26.4 Å². The molecule has 0 unspecified atom stereocenters. The number of aryl methyl sites for hydroxylation is 1. The number of nitrogens with zero attached hydrogens (tertiary/aromatic N) is 3. The molecule has 1 aliphatic heterocycles. The van der Waals surface area contributed by atoms with Gasteiger partial charge in [0.25, 0.3) is 0 Å². The Labute approximate surface area is 127 Å². The van der Waals surface area contributed by atoms with E-state index in [1.54, 1.807) is 0 Å². The van der Waals surface area contributed by atoms with E-state index >= 15 is 0 Å². The molecule has 0 fully saturated rings. The SMILES string of the molecule is Cc1nc(I)nc2c1CN(Cc1ccccc1)CC2. The summed E-state index contributed by atoms with van der Waals surface area (Å²) >= 11 is 2.20. The second-order valence-electron chi connectivity index (χ2n) is 4.95. The molecule has 2 aromatic rings. The predicted molar refractivity (Wildman–Crippen MR) is 83.7 cm³/mol. The van der Waals surface area contributed by atoms with Gasteiger partial charge in [-0.15, -0.1) is 0 Å². The van der Waals surface area contributed by atoms with Crippen molar-refractivity contribution >= 4 is 22.6 Å². The number of rotatable bonds is 2. The average Bonchev–Trinajstić information content (AvgIpc) is 2.40. The zero-order valence-electron chi connectivity index (χ0n) is 10.9. The molecule has 0 atom stereocenters. The number of benzene rings is 1. The lowest BCUT2D eigenvalue weighted by Gasteiger charge is -2.28. The first-order valence-electron chi connectivity index (χ1n) is 6.50. The van der Waals surface area contributed by atoms with Crippen LogP contribution in [0.5, 0.6) is 0 Å². The van der Waals surface area contributed by atoms with Gasteiger partial charge in [0.1, 0.15) is 0 Å². The zero-order chi connectivity index (χ0) is 13.2. The van der Waals surface area contributed by atoms with E-state index < -0.39 is 0 Å². The lowest BCUT2D eigenvalue weighted by molar-refractivity contribution is 0.242. The van der Waals surface area contributed by atoms with Crippen LogP contribution in [0.3, 0.4) is 0 Å². The Morgan fingerprint density at radius 1 is 1.21 bits per heavy atom. The van der Waals surface area contributed by atoms with Gasteiger partial charge in [-0.05, 0) is 12.5 Å². The van der Waals surface area contributed by atoms with Gasteiger partial charge in [0, 0.05) is 59.9 Å². The fourth-order valence-corrected chi connectivity index (χ4v) is 3.23. The van der Waals surface area contributed by atoms with Crippen molar-refractivity contribution in [2.75, 3.05) is 6.54 Å². The van der Waals surface area contributed by atoms with E-state index in [4.69, 9.17) is 0 Å². The summed E-state index contributed by atoms with van der Waals surface area (Å²) in [5, 5.41) is 0. The van der Waals surface area contributed by atoms with Crippen LogP contribution in [0.15, 0.2) is 30.3 Å².